The standard InChI is InChI=1S/C18H23F3N4O2S/c1-4-22-17(24-10-16-25-15(11-28-16)18(19,20)21)23-9-12(2)27-14-8-6-5-7-13(14)26-3/h5-8,11-12H,4,9-10H2,1-3H3,(H2,22,23,24). The van der Waals surface area contributed by atoms with Crippen LogP contribution in [0.1, 0.15) is 24.5 Å². The molecule has 0 amide bonds. The number of nitrogens with zero attached hydrogens (tertiary/aromatic N) is 2. The molecule has 10 heteroatoms. The zero-order chi connectivity index (χ0) is 20.6. The van der Waals surface area contributed by atoms with Gasteiger partial charge in [0.05, 0.1) is 20.2 Å². The van der Waals surface area contributed by atoms with Gasteiger partial charge in [-0.2, -0.15) is 13.2 Å². The van der Waals surface area contributed by atoms with Gasteiger partial charge in [-0.1, -0.05) is 12.1 Å². The molecule has 0 fully saturated rings. The molecule has 0 aliphatic carbocycles. The number of nitrogens with one attached hydrogen (secondary N) is 2. The van der Waals surface area contributed by atoms with Gasteiger partial charge in [-0.3, -0.25) is 0 Å². The molecule has 2 aromatic rings. The number of aliphatic imine (C=N–C) groups is 1. The highest BCUT2D eigenvalue weighted by Crippen LogP contribution is 2.30. The van der Waals surface area contributed by atoms with E-state index < -0.39 is 11.9 Å². The lowest BCUT2D eigenvalue weighted by Gasteiger charge is -2.18. The van der Waals surface area contributed by atoms with Crippen molar-refractivity contribution in [2.45, 2.75) is 32.7 Å². The van der Waals surface area contributed by atoms with Gasteiger partial charge in [-0.25, -0.2) is 9.98 Å². The summed E-state index contributed by atoms with van der Waals surface area (Å²) >= 11 is 0.934. The molecule has 2 N–H and O–H groups in total. The van der Waals surface area contributed by atoms with Crippen LogP contribution in [0.3, 0.4) is 0 Å². The Labute approximate surface area is 165 Å². The molecule has 0 saturated heterocycles. The maximum atomic E-state index is 12.6. The van der Waals surface area contributed by atoms with Gasteiger partial charge < -0.3 is 20.1 Å². The second kappa shape index (κ2) is 10.2. The van der Waals surface area contributed by atoms with Gasteiger partial charge in [0.25, 0.3) is 0 Å². The van der Waals surface area contributed by atoms with E-state index in [0.717, 1.165) is 16.7 Å². The van der Waals surface area contributed by atoms with Crippen LogP contribution in [0, 0.1) is 0 Å². The van der Waals surface area contributed by atoms with Gasteiger partial charge in [0.15, 0.2) is 23.2 Å². The second-order valence-corrected chi connectivity index (χ2v) is 6.72. The van der Waals surface area contributed by atoms with Crippen LogP contribution in [0.5, 0.6) is 11.5 Å². The molecular formula is C18H23F3N4O2S. The van der Waals surface area contributed by atoms with Crippen LogP contribution in [0.25, 0.3) is 0 Å². The molecule has 28 heavy (non-hydrogen) atoms. The number of hydrogen-bond acceptors (Lipinski definition) is 5. The molecule has 1 atom stereocenters. The fraction of sp³-hybridized carbons (Fsp3) is 0.444. The Balaban J connectivity index is 1.92. The molecule has 0 aliphatic heterocycles. The number of methoxy groups -OCH3 is 1. The molecule has 1 heterocycles. The van der Waals surface area contributed by atoms with Crippen LogP contribution in [0.15, 0.2) is 34.6 Å². The van der Waals surface area contributed by atoms with Crippen LogP contribution < -0.4 is 20.1 Å². The maximum Gasteiger partial charge on any atom is 0.434 e. The molecule has 1 aromatic carbocycles. The van der Waals surface area contributed by atoms with Crippen molar-refractivity contribution in [3.05, 3.63) is 40.3 Å². The van der Waals surface area contributed by atoms with E-state index in [2.05, 4.69) is 20.6 Å². The largest absolute Gasteiger partial charge is 0.493 e. The zero-order valence-electron chi connectivity index (χ0n) is 15.8. The van der Waals surface area contributed by atoms with Gasteiger partial charge in [0.1, 0.15) is 11.1 Å². The minimum atomic E-state index is -4.44. The van der Waals surface area contributed by atoms with Gasteiger partial charge in [0, 0.05) is 11.9 Å². The van der Waals surface area contributed by atoms with Crippen molar-refractivity contribution >= 4 is 17.3 Å². The summed E-state index contributed by atoms with van der Waals surface area (Å²) < 4.78 is 49.0. The number of halogens is 3. The third-order valence-corrected chi connectivity index (χ3v) is 4.35. The highest BCUT2D eigenvalue weighted by Gasteiger charge is 2.33. The second-order valence-electron chi connectivity index (χ2n) is 5.78. The molecule has 1 aromatic heterocycles. The Kier molecular flexibility index (Phi) is 7.91. The number of aromatic nitrogens is 1. The van der Waals surface area contributed by atoms with Crippen molar-refractivity contribution in [2.24, 2.45) is 4.99 Å². The van der Waals surface area contributed by atoms with E-state index in [1.165, 1.54) is 0 Å². The first-order valence-corrected chi connectivity index (χ1v) is 9.55. The minimum Gasteiger partial charge on any atom is -0.493 e. The summed E-state index contributed by atoms with van der Waals surface area (Å²) in [6.45, 7) is 4.89. The summed E-state index contributed by atoms with van der Waals surface area (Å²) in [5.41, 5.74) is -0.889. The molecule has 0 saturated carbocycles. The SMILES string of the molecule is CCNC(=NCc1nc(C(F)(F)F)cs1)NCC(C)Oc1ccccc1OC. The van der Waals surface area contributed by atoms with Crippen molar-refractivity contribution < 1.29 is 22.6 Å². The Hall–Kier alpha value is -2.49. The van der Waals surface area contributed by atoms with Gasteiger partial charge >= 0.3 is 6.18 Å². The summed E-state index contributed by atoms with van der Waals surface area (Å²) in [5, 5.41) is 7.45. The van der Waals surface area contributed by atoms with E-state index >= 15 is 0 Å². The van der Waals surface area contributed by atoms with E-state index in [4.69, 9.17) is 9.47 Å². The minimum absolute atomic E-state index is 0.0534. The molecule has 0 aliphatic rings. The van der Waals surface area contributed by atoms with Crippen molar-refractivity contribution in [1.29, 1.82) is 0 Å². The van der Waals surface area contributed by atoms with Gasteiger partial charge in [-0.05, 0) is 26.0 Å². The number of guanidine groups is 1. The van der Waals surface area contributed by atoms with E-state index in [1.54, 1.807) is 7.11 Å². The van der Waals surface area contributed by atoms with Crippen molar-refractivity contribution in [1.82, 2.24) is 15.6 Å². The van der Waals surface area contributed by atoms with Crippen LogP contribution >= 0.6 is 11.3 Å². The maximum absolute atomic E-state index is 12.6. The molecule has 154 valence electrons. The summed E-state index contributed by atoms with van der Waals surface area (Å²) in [7, 11) is 1.57. The smallest absolute Gasteiger partial charge is 0.434 e. The zero-order valence-corrected chi connectivity index (χ0v) is 16.7. The average molecular weight is 416 g/mol. The highest BCUT2D eigenvalue weighted by molar-refractivity contribution is 7.09. The number of thiazole rings is 1. The molecule has 1 unspecified atom stereocenters. The quantitative estimate of drug-likeness (QED) is 0.508. The summed E-state index contributed by atoms with van der Waals surface area (Å²) in [5.74, 6) is 1.74. The first kappa shape index (κ1) is 21.8. The number of benzene rings is 1. The van der Waals surface area contributed by atoms with E-state index in [9.17, 15) is 13.2 Å². The molecular weight excluding hydrogens is 393 g/mol. The third kappa shape index (κ3) is 6.59. The first-order valence-electron chi connectivity index (χ1n) is 8.67. The molecule has 6 nitrogen and oxygen atoms in total. The lowest BCUT2D eigenvalue weighted by atomic mass is 10.3. The van der Waals surface area contributed by atoms with E-state index in [1.807, 2.05) is 38.1 Å². The monoisotopic (exact) mass is 416 g/mol. The van der Waals surface area contributed by atoms with Crippen LogP contribution in [0.2, 0.25) is 0 Å². The highest BCUT2D eigenvalue weighted by atomic mass is 32.1. The number of para-hydroxylation sites is 2. The summed E-state index contributed by atoms with van der Waals surface area (Å²) in [6.07, 6.45) is -4.64. The topological polar surface area (TPSA) is 67.8 Å². The van der Waals surface area contributed by atoms with Crippen molar-refractivity contribution in [2.75, 3.05) is 20.2 Å². The fourth-order valence-corrected chi connectivity index (χ4v) is 2.94. The number of hydrogen-bond donors (Lipinski definition) is 2. The summed E-state index contributed by atoms with van der Waals surface area (Å²) in [6, 6.07) is 7.33. The lowest BCUT2D eigenvalue weighted by Crippen LogP contribution is -2.41. The third-order valence-electron chi connectivity index (χ3n) is 3.51. The summed E-state index contributed by atoms with van der Waals surface area (Å²) in [4.78, 5) is 7.86. The Morgan fingerprint density at radius 3 is 2.57 bits per heavy atom. The van der Waals surface area contributed by atoms with Crippen LogP contribution in [-0.2, 0) is 12.7 Å². The first-order chi connectivity index (χ1) is 13.3. The Bertz CT molecular complexity index is 780. The van der Waals surface area contributed by atoms with E-state index in [-0.39, 0.29) is 12.6 Å². The van der Waals surface area contributed by atoms with Crippen molar-refractivity contribution in [3.63, 3.8) is 0 Å². The number of alkyl halides is 3. The fourth-order valence-electron chi connectivity index (χ4n) is 2.22. The molecule has 0 spiro atoms. The van der Waals surface area contributed by atoms with E-state index in [0.29, 0.717) is 35.6 Å². The molecule has 0 bridgehead atoms. The normalized spacial score (nSPS) is 13.1. The molecule has 2 rings (SSSR count). The van der Waals surface area contributed by atoms with Crippen molar-refractivity contribution in [3.8, 4) is 11.5 Å². The number of ether oxygens (including phenoxy) is 2. The average Bonchev–Trinajstić information content (AvgIpc) is 3.14. The predicted molar refractivity (Wildman–Crippen MR) is 103 cm³/mol. The lowest BCUT2D eigenvalue weighted by molar-refractivity contribution is -0.140. The molecule has 0 radical (unpaired) electrons. The van der Waals surface area contributed by atoms with Gasteiger partial charge in [-0.15, -0.1) is 11.3 Å². The van der Waals surface area contributed by atoms with Crippen LogP contribution in [0.4, 0.5) is 13.2 Å². The Morgan fingerprint density at radius 2 is 1.96 bits per heavy atom. The Morgan fingerprint density at radius 1 is 1.25 bits per heavy atom. The van der Waals surface area contributed by atoms with Crippen LogP contribution in [-0.4, -0.2) is 37.2 Å². The number of rotatable bonds is 8. The van der Waals surface area contributed by atoms with Gasteiger partial charge in [0.2, 0.25) is 0 Å². The predicted octanol–water partition coefficient (Wildman–Crippen LogP) is 3.69.